The van der Waals surface area contributed by atoms with Gasteiger partial charge in [0.15, 0.2) is 11.5 Å². The van der Waals surface area contributed by atoms with Crippen LogP contribution in [-0.2, 0) is 13.2 Å². The zero-order chi connectivity index (χ0) is 21.1. The number of benzene rings is 2. The fourth-order valence-corrected chi connectivity index (χ4v) is 4.01. The number of halogens is 3. The molecule has 0 heterocycles. The highest BCUT2D eigenvalue weighted by molar-refractivity contribution is 9.10. The Bertz CT molecular complexity index is 771. The number of nitrogens with one attached hydrogen (secondary N) is 1. The fraction of sp³-hybridized carbons (Fsp3) is 0.478. The Balaban J connectivity index is 1.98. The zero-order valence-electron chi connectivity index (χ0n) is 17.2. The van der Waals surface area contributed by atoms with Gasteiger partial charge in [0.05, 0.1) is 7.11 Å². The van der Waals surface area contributed by atoms with Crippen LogP contribution >= 0.6 is 39.1 Å². The van der Waals surface area contributed by atoms with E-state index in [4.69, 9.17) is 32.7 Å². The predicted molar refractivity (Wildman–Crippen MR) is 127 cm³/mol. The Hall–Kier alpha value is -0.940. The van der Waals surface area contributed by atoms with Crippen LogP contribution in [0, 0.1) is 0 Å². The van der Waals surface area contributed by atoms with Gasteiger partial charge in [-0.25, -0.2) is 0 Å². The molecule has 0 spiro atoms. The van der Waals surface area contributed by atoms with Crippen molar-refractivity contribution in [2.75, 3.05) is 13.7 Å². The maximum absolute atomic E-state index is 6.29. The Morgan fingerprint density at radius 3 is 2.48 bits per heavy atom. The topological polar surface area (TPSA) is 30.5 Å². The second-order valence-electron chi connectivity index (χ2n) is 7.03. The minimum atomic E-state index is 0.341. The third-order valence-electron chi connectivity index (χ3n) is 4.78. The summed E-state index contributed by atoms with van der Waals surface area (Å²) in [6, 6.07) is 9.31. The molecule has 1 N–H and O–H groups in total. The lowest BCUT2D eigenvalue weighted by atomic mass is 10.1. The van der Waals surface area contributed by atoms with E-state index in [1.54, 1.807) is 13.2 Å². The van der Waals surface area contributed by atoms with Crippen molar-refractivity contribution in [1.29, 1.82) is 0 Å². The molecule has 0 unspecified atom stereocenters. The lowest BCUT2D eigenvalue weighted by molar-refractivity contribution is 0.280. The van der Waals surface area contributed by atoms with Crippen LogP contribution in [0.4, 0.5) is 0 Å². The van der Waals surface area contributed by atoms with Gasteiger partial charge in [-0.3, -0.25) is 0 Å². The van der Waals surface area contributed by atoms with E-state index in [9.17, 15) is 0 Å². The van der Waals surface area contributed by atoms with Gasteiger partial charge < -0.3 is 14.8 Å². The number of ether oxygens (including phenoxy) is 2. The van der Waals surface area contributed by atoms with Crippen molar-refractivity contribution in [3.63, 3.8) is 0 Å². The molecule has 2 aromatic carbocycles. The van der Waals surface area contributed by atoms with Crippen LogP contribution in [0.2, 0.25) is 10.0 Å². The van der Waals surface area contributed by atoms with Crippen LogP contribution in [0.25, 0.3) is 0 Å². The van der Waals surface area contributed by atoms with Gasteiger partial charge in [0.2, 0.25) is 0 Å². The van der Waals surface area contributed by atoms with Crippen molar-refractivity contribution in [2.45, 2.75) is 58.6 Å². The summed E-state index contributed by atoms with van der Waals surface area (Å²) < 4.78 is 12.7. The first-order valence-electron chi connectivity index (χ1n) is 10.2. The Labute approximate surface area is 193 Å². The number of hydrogen-bond acceptors (Lipinski definition) is 3. The van der Waals surface area contributed by atoms with E-state index in [0.29, 0.717) is 28.9 Å². The minimum Gasteiger partial charge on any atom is -0.493 e. The molecule has 0 aliphatic heterocycles. The van der Waals surface area contributed by atoms with E-state index >= 15 is 0 Å². The van der Waals surface area contributed by atoms with Gasteiger partial charge in [-0.1, -0.05) is 84.2 Å². The van der Waals surface area contributed by atoms with Crippen LogP contribution in [0.15, 0.2) is 34.8 Å². The summed E-state index contributed by atoms with van der Waals surface area (Å²) in [7, 11) is 1.65. The molecule has 0 bridgehead atoms. The second kappa shape index (κ2) is 13.4. The van der Waals surface area contributed by atoms with Crippen LogP contribution < -0.4 is 14.8 Å². The SMILES string of the molecule is CCCCCCCCNCc1c(Br)ccc(OC)c1OCc1ccc(Cl)cc1Cl. The molecule has 160 valence electrons. The highest BCUT2D eigenvalue weighted by atomic mass is 79.9. The highest BCUT2D eigenvalue weighted by Crippen LogP contribution is 2.37. The van der Waals surface area contributed by atoms with Crippen LogP contribution in [0.5, 0.6) is 11.5 Å². The highest BCUT2D eigenvalue weighted by Gasteiger charge is 2.15. The summed E-state index contributed by atoms with van der Waals surface area (Å²) in [5.74, 6) is 1.43. The number of methoxy groups -OCH3 is 1. The molecule has 0 fully saturated rings. The summed E-state index contributed by atoms with van der Waals surface area (Å²) in [6.07, 6.45) is 7.72. The second-order valence-corrected chi connectivity index (χ2v) is 8.72. The average molecular weight is 503 g/mol. The van der Waals surface area contributed by atoms with Crippen LogP contribution in [0.3, 0.4) is 0 Å². The van der Waals surface area contributed by atoms with Gasteiger partial charge in [-0.15, -0.1) is 0 Å². The van der Waals surface area contributed by atoms with E-state index in [-0.39, 0.29) is 0 Å². The third-order valence-corrected chi connectivity index (χ3v) is 6.11. The molecule has 0 radical (unpaired) electrons. The number of hydrogen-bond donors (Lipinski definition) is 1. The van der Waals surface area contributed by atoms with Crippen molar-refractivity contribution in [3.8, 4) is 11.5 Å². The summed E-state index contributed by atoms with van der Waals surface area (Å²) in [5, 5.41) is 4.73. The van der Waals surface area contributed by atoms with Crippen molar-refractivity contribution in [2.24, 2.45) is 0 Å². The van der Waals surface area contributed by atoms with E-state index in [0.717, 1.165) is 27.9 Å². The third kappa shape index (κ3) is 8.01. The summed E-state index contributed by atoms with van der Waals surface area (Å²) in [4.78, 5) is 0. The molecule has 6 heteroatoms. The predicted octanol–water partition coefficient (Wildman–Crippen LogP) is 7.79. The standard InChI is InChI=1S/C23H30BrCl2NO2/c1-3-4-5-6-7-8-13-27-15-19-20(24)11-12-22(28-2)23(19)29-16-17-9-10-18(25)14-21(17)26/h9-12,14,27H,3-8,13,15-16H2,1-2H3. The van der Waals surface area contributed by atoms with Gasteiger partial charge in [0.25, 0.3) is 0 Å². The minimum absolute atomic E-state index is 0.341. The first-order chi connectivity index (χ1) is 14.1. The van der Waals surface area contributed by atoms with Gasteiger partial charge in [0, 0.05) is 32.2 Å². The summed E-state index contributed by atoms with van der Waals surface area (Å²) >= 11 is 15.9. The van der Waals surface area contributed by atoms with E-state index in [2.05, 4.69) is 28.2 Å². The maximum atomic E-state index is 6.29. The normalized spacial score (nSPS) is 10.9. The monoisotopic (exact) mass is 501 g/mol. The molecule has 0 aliphatic rings. The van der Waals surface area contributed by atoms with Crippen molar-refractivity contribution < 1.29 is 9.47 Å². The smallest absolute Gasteiger partial charge is 0.167 e. The fourth-order valence-electron chi connectivity index (χ4n) is 3.10. The first kappa shape index (κ1) is 24.3. The van der Waals surface area contributed by atoms with Gasteiger partial charge >= 0.3 is 0 Å². The quantitative estimate of drug-likeness (QED) is 0.283. The zero-order valence-corrected chi connectivity index (χ0v) is 20.3. The van der Waals surface area contributed by atoms with E-state index in [1.165, 1.54) is 38.5 Å². The van der Waals surface area contributed by atoms with E-state index < -0.39 is 0 Å². The number of rotatable bonds is 13. The lowest BCUT2D eigenvalue weighted by Gasteiger charge is -2.17. The van der Waals surface area contributed by atoms with Gasteiger partial charge in [-0.2, -0.15) is 0 Å². The summed E-state index contributed by atoms with van der Waals surface area (Å²) in [5.41, 5.74) is 1.92. The van der Waals surface area contributed by atoms with Crippen LogP contribution in [0.1, 0.15) is 56.6 Å². The molecule has 2 aromatic rings. The number of unbranched alkanes of at least 4 members (excludes halogenated alkanes) is 5. The Kier molecular flexibility index (Phi) is 11.2. The maximum Gasteiger partial charge on any atom is 0.167 e. The van der Waals surface area contributed by atoms with Gasteiger partial charge in [-0.05, 0) is 37.2 Å². The molecule has 0 atom stereocenters. The van der Waals surface area contributed by atoms with Gasteiger partial charge in [0.1, 0.15) is 6.61 Å². The molecule has 2 rings (SSSR count). The molecule has 3 nitrogen and oxygen atoms in total. The first-order valence-corrected chi connectivity index (χ1v) is 11.7. The Morgan fingerprint density at radius 2 is 1.76 bits per heavy atom. The molecular formula is C23H30BrCl2NO2. The summed E-state index contributed by atoms with van der Waals surface area (Å²) in [6.45, 7) is 4.27. The largest absolute Gasteiger partial charge is 0.493 e. The Morgan fingerprint density at radius 1 is 1.00 bits per heavy atom. The molecule has 0 saturated carbocycles. The van der Waals surface area contributed by atoms with Crippen molar-refractivity contribution >= 4 is 39.1 Å². The molecule has 0 saturated heterocycles. The average Bonchev–Trinajstić information content (AvgIpc) is 2.70. The molecule has 0 amide bonds. The molecule has 29 heavy (non-hydrogen) atoms. The molecular weight excluding hydrogens is 473 g/mol. The van der Waals surface area contributed by atoms with Crippen molar-refractivity contribution in [1.82, 2.24) is 5.32 Å². The molecule has 0 aromatic heterocycles. The van der Waals surface area contributed by atoms with Crippen LogP contribution in [-0.4, -0.2) is 13.7 Å². The van der Waals surface area contributed by atoms with Crippen molar-refractivity contribution in [3.05, 3.63) is 56.0 Å². The lowest BCUT2D eigenvalue weighted by Crippen LogP contribution is -2.16. The molecule has 0 aliphatic carbocycles. The van der Waals surface area contributed by atoms with E-state index in [1.807, 2.05) is 24.3 Å².